The summed E-state index contributed by atoms with van der Waals surface area (Å²) < 4.78 is 1.74. The van der Waals surface area contributed by atoms with Gasteiger partial charge in [-0.2, -0.15) is 0 Å². The number of carbonyl (C=O) groups is 1. The van der Waals surface area contributed by atoms with E-state index in [0.717, 1.165) is 38.9 Å². The highest BCUT2D eigenvalue weighted by atomic mass is 16.2. The Hall–Kier alpha value is -2.40. The molecule has 2 aromatic rings. The summed E-state index contributed by atoms with van der Waals surface area (Å²) in [6.07, 6.45) is 4.57. The number of benzene rings is 1. The number of likely N-dealkylation sites (tertiary alicyclic amines) is 1. The van der Waals surface area contributed by atoms with Gasteiger partial charge in [-0.15, -0.1) is 0 Å². The van der Waals surface area contributed by atoms with Crippen molar-refractivity contribution in [1.82, 2.24) is 14.4 Å². The lowest BCUT2D eigenvalue weighted by molar-refractivity contribution is -0.134. The summed E-state index contributed by atoms with van der Waals surface area (Å²) in [5.74, 6) is 0.441. The average molecular weight is 367 g/mol. The maximum Gasteiger partial charge on any atom is 0.250 e. The predicted octanol–water partition coefficient (Wildman–Crippen LogP) is 2.39. The molecule has 1 aromatic heterocycles. The van der Waals surface area contributed by atoms with Gasteiger partial charge in [0.05, 0.1) is 0 Å². The molecular formula is C22H29N3O2. The maximum atomic E-state index is 12.1. The molecule has 0 bridgehead atoms. The number of aromatic nitrogens is 1. The number of nitrogens with zero attached hydrogens (tertiary/aromatic N) is 3. The van der Waals surface area contributed by atoms with Crippen molar-refractivity contribution in [3.05, 3.63) is 70.1 Å². The highest BCUT2D eigenvalue weighted by molar-refractivity contribution is 5.78. The topological polar surface area (TPSA) is 45.6 Å². The van der Waals surface area contributed by atoms with Crippen LogP contribution in [0.3, 0.4) is 0 Å². The molecule has 3 rings (SSSR count). The van der Waals surface area contributed by atoms with Crippen LogP contribution in [0.2, 0.25) is 0 Å². The fourth-order valence-corrected chi connectivity index (χ4v) is 3.67. The zero-order chi connectivity index (χ0) is 19.2. The summed E-state index contributed by atoms with van der Waals surface area (Å²) in [5, 5.41) is 0. The van der Waals surface area contributed by atoms with Gasteiger partial charge >= 0.3 is 0 Å². The minimum absolute atomic E-state index is 0.0465. The molecule has 0 spiro atoms. The van der Waals surface area contributed by atoms with Crippen molar-refractivity contribution in [3.8, 4) is 0 Å². The van der Waals surface area contributed by atoms with E-state index in [-0.39, 0.29) is 17.4 Å². The summed E-state index contributed by atoms with van der Waals surface area (Å²) in [5.41, 5.74) is 2.59. The van der Waals surface area contributed by atoms with Gasteiger partial charge in [0, 0.05) is 45.4 Å². The first-order chi connectivity index (χ1) is 13.0. The molecule has 1 aromatic carbocycles. The van der Waals surface area contributed by atoms with Crippen LogP contribution in [0.5, 0.6) is 0 Å². The van der Waals surface area contributed by atoms with Gasteiger partial charge in [0.2, 0.25) is 5.91 Å². The molecule has 5 heteroatoms. The Morgan fingerprint density at radius 3 is 2.33 bits per heavy atom. The van der Waals surface area contributed by atoms with E-state index >= 15 is 0 Å². The van der Waals surface area contributed by atoms with Crippen molar-refractivity contribution in [1.29, 1.82) is 0 Å². The van der Waals surface area contributed by atoms with Gasteiger partial charge in [-0.1, -0.05) is 30.3 Å². The van der Waals surface area contributed by atoms with Gasteiger partial charge in [0.1, 0.15) is 0 Å². The second kappa shape index (κ2) is 9.00. The summed E-state index contributed by atoms with van der Waals surface area (Å²) in [6, 6.07) is 13.9. The Morgan fingerprint density at radius 1 is 1.04 bits per heavy atom. The van der Waals surface area contributed by atoms with Crippen molar-refractivity contribution < 1.29 is 4.79 Å². The first kappa shape index (κ1) is 19.4. The Bertz CT molecular complexity index is 803. The van der Waals surface area contributed by atoms with E-state index < -0.39 is 0 Å². The molecule has 0 saturated carbocycles. The molecule has 1 aliphatic heterocycles. The minimum Gasteiger partial charge on any atom is -0.349 e. The van der Waals surface area contributed by atoms with E-state index in [4.69, 9.17) is 0 Å². The van der Waals surface area contributed by atoms with Crippen LogP contribution >= 0.6 is 0 Å². The fourth-order valence-electron chi connectivity index (χ4n) is 3.67. The number of hydrogen-bond donors (Lipinski definition) is 0. The number of aryl methyl sites for hydroxylation is 2. The lowest BCUT2D eigenvalue weighted by atomic mass is 9.95. The van der Waals surface area contributed by atoms with Crippen LogP contribution in [0.15, 0.2) is 53.5 Å². The highest BCUT2D eigenvalue weighted by Crippen LogP contribution is 2.20. The largest absolute Gasteiger partial charge is 0.349 e. The summed E-state index contributed by atoms with van der Waals surface area (Å²) in [7, 11) is 3.68. The summed E-state index contributed by atoms with van der Waals surface area (Å²) >= 11 is 0. The second-order valence-corrected chi connectivity index (χ2v) is 7.58. The van der Waals surface area contributed by atoms with Crippen molar-refractivity contribution in [3.63, 3.8) is 0 Å². The normalized spacial score (nSPS) is 15.6. The third-order valence-electron chi connectivity index (χ3n) is 5.35. The quantitative estimate of drug-likeness (QED) is 0.788. The molecule has 144 valence electrons. The van der Waals surface area contributed by atoms with Gasteiger partial charge in [-0.3, -0.25) is 14.5 Å². The number of piperidine rings is 1. The van der Waals surface area contributed by atoms with E-state index in [2.05, 4.69) is 29.2 Å². The van der Waals surface area contributed by atoms with Crippen molar-refractivity contribution in [2.45, 2.75) is 32.4 Å². The van der Waals surface area contributed by atoms with Crippen LogP contribution in [0.25, 0.3) is 0 Å². The Morgan fingerprint density at radius 2 is 1.70 bits per heavy atom. The average Bonchev–Trinajstić information content (AvgIpc) is 2.68. The number of rotatable bonds is 6. The molecular weight excluding hydrogens is 338 g/mol. The van der Waals surface area contributed by atoms with Gasteiger partial charge in [0.15, 0.2) is 0 Å². The molecule has 2 heterocycles. The Labute approximate surface area is 161 Å². The molecule has 0 radical (unpaired) electrons. The first-order valence-electron chi connectivity index (χ1n) is 9.70. The lowest BCUT2D eigenvalue weighted by Gasteiger charge is -2.32. The number of hydrogen-bond acceptors (Lipinski definition) is 3. The van der Waals surface area contributed by atoms with E-state index in [1.807, 2.05) is 26.4 Å². The SMILES string of the molecule is CN(C)C(=O)C1CCN(Cc2ccc(CCn3ccccc3=O)cc2)CC1. The predicted molar refractivity (Wildman–Crippen MR) is 108 cm³/mol. The van der Waals surface area contributed by atoms with Crippen LogP contribution in [0.4, 0.5) is 0 Å². The van der Waals surface area contributed by atoms with Crippen molar-refractivity contribution in [2.24, 2.45) is 5.92 Å². The molecule has 5 nitrogen and oxygen atoms in total. The third-order valence-corrected chi connectivity index (χ3v) is 5.35. The molecule has 1 fully saturated rings. The zero-order valence-corrected chi connectivity index (χ0v) is 16.3. The summed E-state index contributed by atoms with van der Waals surface area (Å²) in [6.45, 7) is 3.58. The van der Waals surface area contributed by atoms with Crippen LogP contribution in [-0.2, 0) is 24.3 Å². The van der Waals surface area contributed by atoms with Crippen molar-refractivity contribution in [2.75, 3.05) is 27.2 Å². The molecule has 1 saturated heterocycles. The van der Waals surface area contributed by atoms with Gasteiger partial charge in [0.25, 0.3) is 5.56 Å². The Balaban J connectivity index is 1.48. The molecule has 1 aliphatic rings. The Kier molecular flexibility index (Phi) is 6.45. The van der Waals surface area contributed by atoms with Crippen LogP contribution in [-0.4, -0.2) is 47.5 Å². The van der Waals surface area contributed by atoms with Gasteiger partial charge < -0.3 is 9.47 Å². The molecule has 0 unspecified atom stereocenters. The molecule has 0 N–H and O–H groups in total. The standard InChI is InChI=1S/C22H29N3O2/c1-23(2)22(27)20-11-14-24(15-12-20)17-19-8-6-18(7-9-19)10-16-25-13-4-3-5-21(25)26/h3-9,13,20H,10-12,14-17H2,1-2H3. The first-order valence-corrected chi connectivity index (χ1v) is 9.70. The third kappa shape index (κ3) is 5.30. The van der Waals surface area contributed by atoms with E-state index in [0.29, 0.717) is 6.54 Å². The fraction of sp³-hybridized carbons (Fsp3) is 0.455. The van der Waals surface area contributed by atoms with Crippen molar-refractivity contribution >= 4 is 5.91 Å². The molecule has 27 heavy (non-hydrogen) atoms. The lowest BCUT2D eigenvalue weighted by Crippen LogP contribution is -2.39. The van der Waals surface area contributed by atoms with E-state index in [1.165, 1.54) is 11.1 Å². The monoisotopic (exact) mass is 367 g/mol. The highest BCUT2D eigenvalue weighted by Gasteiger charge is 2.25. The van der Waals surface area contributed by atoms with E-state index in [9.17, 15) is 9.59 Å². The van der Waals surface area contributed by atoms with Gasteiger partial charge in [-0.25, -0.2) is 0 Å². The molecule has 0 aliphatic carbocycles. The second-order valence-electron chi connectivity index (χ2n) is 7.58. The minimum atomic E-state index is 0.0465. The summed E-state index contributed by atoms with van der Waals surface area (Å²) in [4.78, 5) is 28.0. The maximum absolute atomic E-state index is 12.1. The van der Waals surface area contributed by atoms with Crippen LogP contribution in [0, 0.1) is 5.92 Å². The van der Waals surface area contributed by atoms with Crippen LogP contribution < -0.4 is 5.56 Å². The van der Waals surface area contributed by atoms with Gasteiger partial charge in [-0.05, 0) is 49.5 Å². The molecule has 0 atom stereocenters. The van der Waals surface area contributed by atoms with Crippen LogP contribution in [0.1, 0.15) is 24.0 Å². The number of amides is 1. The number of carbonyl (C=O) groups excluding carboxylic acids is 1. The number of pyridine rings is 1. The molecule has 1 amide bonds. The smallest absolute Gasteiger partial charge is 0.250 e. The van der Waals surface area contributed by atoms with E-state index in [1.54, 1.807) is 21.6 Å². The zero-order valence-electron chi connectivity index (χ0n) is 16.3.